The molecule has 0 bridgehead atoms. The lowest BCUT2D eigenvalue weighted by molar-refractivity contribution is 0.770. The molecule has 0 aliphatic heterocycles. The molecular weight excluding hydrogens is 230 g/mol. The normalized spacial score (nSPS) is 10.3. The Kier molecular flexibility index (Phi) is 2.14. The number of aromatic nitrogens is 3. The van der Waals surface area contributed by atoms with Gasteiger partial charge in [0.25, 0.3) is 0 Å². The van der Waals surface area contributed by atoms with Gasteiger partial charge in [-0.05, 0) is 28.1 Å². The van der Waals surface area contributed by atoms with Gasteiger partial charge in [-0.3, -0.25) is 9.67 Å². The summed E-state index contributed by atoms with van der Waals surface area (Å²) >= 11 is 3.45. The number of hydrogen-bond acceptors (Lipinski definition) is 2. The molecule has 0 radical (unpaired) electrons. The number of halogens is 1. The van der Waals surface area contributed by atoms with Crippen LogP contribution >= 0.6 is 15.9 Å². The van der Waals surface area contributed by atoms with E-state index in [1.807, 2.05) is 25.4 Å². The van der Waals surface area contributed by atoms with Crippen LogP contribution in [0.5, 0.6) is 0 Å². The van der Waals surface area contributed by atoms with Crippen molar-refractivity contribution in [2.75, 3.05) is 0 Å². The molecule has 0 aromatic carbocycles. The van der Waals surface area contributed by atoms with Gasteiger partial charge >= 0.3 is 0 Å². The van der Waals surface area contributed by atoms with Crippen molar-refractivity contribution in [1.29, 1.82) is 0 Å². The molecule has 4 heteroatoms. The van der Waals surface area contributed by atoms with Crippen LogP contribution in [0.25, 0.3) is 11.3 Å². The van der Waals surface area contributed by atoms with Crippen molar-refractivity contribution in [2.45, 2.75) is 0 Å². The molecule has 13 heavy (non-hydrogen) atoms. The van der Waals surface area contributed by atoms with Gasteiger partial charge < -0.3 is 0 Å². The Morgan fingerprint density at radius 3 is 2.54 bits per heavy atom. The summed E-state index contributed by atoms with van der Waals surface area (Å²) in [5.74, 6) is 0. The van der Waals surface area contributed by atoms with Crippen LogP contribution in [0.4, 0.5) is 0 Å². The maximum absolute atomic E-state index is 4.32. The first-order valence-electron chi connectivity index (χ1n) is 3.87. The lowest BCUT2D eigenvalue weighted by Crippen LogP contribution is -1.87. The zero-order chi connectivity index (χ0) is 9.26. The average molecular weight is 238 g/mol. The van der Waals surface area contributed by atoms with Crippen molar-refractivity contribution in [3.63, 3.8) is 0 Å². The third kappa shape index (κ3) is 1.62. The van der Waals surface area contributed by atoms with Crippen molar-refractivity contribution in [3.8, 4) is 11.3 Å². The second-order valence-corrected chi connectivity index (χ2v) is 3.59. The molecule has 2 rings (SSSR count). The summed E-state index contributed by atoms with van der Waals surface area (Å²) in [6.45, 7) is 0. The topological polar surface area (TPSA) is 30.7 Å². The van der Waals surface area contributed by atoms with Crippen LogP contribution in [0, 0.1) is 0 Å². The molecule has 0 aliphatic rings. The van der Waals surface area contributed by atoms with E-state index in [0.29, 0.717) is 0 Å². The summed E-state index contributed by atoms with van der Waals surface area (Å²) in [4.78, 5) is 3.96. The van der Waals surface area contributed by atoms with Gasteiger partial charge in [0.15, 0.2) is 0 Å². The minimum atomic E-state index is 0.949. The Bertz CT molecular complexity index is 408. The Morgan fingerprint density at radius 1 is 1.31 bits per heavy atom. The second kappa shape index (κ2) is 3.30. The molecule has 0 amide bonds. The highest BCUT2D eigenvalue weighted by atomic mass is 79.9. The quantitative estimate of drug-likeness (QED) is 0.762. The van der Waals surface area contributed by atoms with Crippen molar-refractivity contribution in [3.05, 3.63) is 35.2 Å². The third-order valence-corrected chi connectivity index (χ3v) is 2.32. The molecule has 2 aromatic rings. The summed E-state index contributed by atoms with van der Waals surface area (Å²) in [6.07, 6.45) is 5.45. The van der Waals surface area contributed by atoms with Crippen molar-refractivity contribution in [2.24, 2.45) is 7.05 Å². The fourth-order valence-corrected chi connectivity index (χ4v) is 1.77. The summed E-state index contributed by atoms with van der Waals surface area (Å²) in [5, 5.41) is 4.32. The minimum absolute atomic E-state index is 0.949. The van der Waals surface area contributed by atoms with Gasteiger partial charge in [0.2, 0.25) is 0 Å². The number of aryl methyl sites for hydroxylation is 1. The highest BCUT2D eigenvalue weighted by Gasteiger charge is 2.06. The molecule has 0 saturated carbocycles. The standard InChI is InChI=1S/C9H8BrN3/c1-13-6-8(10)9(12-13)7-2-4-11-5-3-7/h2-6H,1H3. The van der Waals surface area contributed by atoms with E-state index in [9.17, 15) is 0 Å². The van der Waals surface area contributed by atoms with Crippen LogP contribution in [0.2, 0.25) is 0 Å². The van der Waals surface area contributed by atoms with E-state index in [0.717, 1.165) is 15.7 Å². The first-order chi connectivity index (χ1) is 6.27. The Balaban J connectivity index is 2.53. The zero-order valence-corrected chi connectivity index (χ0v) is 8.69. The van der Waals surface area contributed by atoms with Crippen molar-refractivity contribution >= 4 is 15.9 Å². The van der Waals surface area contributed by atoms with Crippen molar-refractivity contribution < 1.29 is 0 Å². The number of nitrogens with zero attached hydrogens (tertiary/aromatic N) is 3. The number of hydrogen-bond donors (Lipinski definition) is 0. The van der Waals surface area contributed by atoms with E-state index in [-0.39, 0.29) is 0 Å². The highest BCUT2D eigenvalue weighted by molar-refractivity contribution is 9.10. The molecule has 66 valence electrons. The molecule has 3 nitrogen and oxygen atoms in total. The monoisotopic (exact) mass is 237 g/mol. The molecular formula is C9H8BrN3. The Labute approximate surface area is 84.5 Å². The van der Waals surface area contributed by atoms with Gasteiger partial charge in [-0.25, -0.2) is 0 Å². The van der Waals surface area contributed by atoms with E-state index in [2.05, 4.69) is 26.0 Å². The van der Waals surface area contributed by atoms with Gasteiger partial charge in [-0.15, -0.1) is 0 Å². The molecule has 0 spiro atoms. The predicted molar refractivity (Wildman–Crippen MR) is 54.1 cm³/mol. The summed E-state index contributed by atoms with van der Waals surface area (Å²) in [5.41, 5.74) is 2.02. The summed E-state index contributed by atoms with van der Waals surface area (Å²) in [7, 11) is 1.90. The van der Waals surface area contributed by atoms with Crippen LogP contribution in [0.15, 0.2) is 35.2 Å². The second-order valence-electron chi connectivity index (χ2n) is 2.74. The maximum Gasteiger partial charge on any atom is 0.107 e. The molecule has 0 saturated heterocycles. The molecule has 2 aromatic heterocycles. The van der Waals surface area contributed by atoms with E-state index in [1.165, 1.54) is 0 Å². The van der Waals surface area contributed by atoms with Crippen LogP contribution < -0.4 is 0 Å². The van der Waals surface area contributed by atoms with Gasteiger partial charge in [0.05, 0.1) is 4.47 Å². The van der Waals surface area contributed by atoms with E-state index >= 15 is 0 Å². The lowest BCUT2D eigenvalue weighted by atomic mass is 10.2. The summed E-state index contributed by atoms with van der Waals surface area (Å²) < 4.78 is 2.78. The maximum atomic E-state index is 4.32. The van der Waals surface area contributed by atoms with Gasteiger partial charge in [-0.1, -0.05) is 0 Å². The molecule has 0 unspecified atom stereocenters. The van der Waals surface area contributed by atoms with Crippen molar-refractivity contribution in [1.82, 2.24) is 14.8 Å². The number of pyridine rings is 1. The SMILES string of the molecule is Cn1cc(Br)c(-c2ccncc2)n1. The Hall–Kier alpha value is -1.16. The minimum Gasteiger partial charge on any atom is -0.274 e. The van der Waals surface area contributed by atoms with Crippen LogP contribution in [0.1, 0.15) is 0 Å². The van der Waals surface area contributed by atoms with E-state index in [4.69, 9.17) is 0 Å². The largest absolute Gasteiger partial charge is 0.274 e. The summed E-state index contributed by atoms with van der Waals surface area (Å²) in [6, 6.07) is 3.88. The third-order valence-electron chi connectivity index (χ3n) is 1.74. The zero-order valence-electron chi connectivity index (χ0n) is 7.11. The lowest BCUT2D eigenvalue weighted by Gasteiger charge is -1.94. The smallest absolute Gasteiger partial charge is 0.107 e. The fraction of sp³-hybridized carbons (Fsp3) is 0.111. The first kappa shape index (κ1) is 8.44. The van der Waals surface area contributed by atoms with Crippen LogP contribution in [-0.4, -0.2) is 14.8 Å². The van der Waals surface area contributed by atoms with Gasteiger partial charge in [0.1, 0.15) is 5.69 Å². The van der Waals surface area contributed by atoms with Crippen LogP contribution in [-0.2, 0) is 7.05 Å². The van der Waals surface area contributed by atoms with E-state index < -0.39 is 0 Å². The first-order valence-corrected chi connectivity index (χ1v) is 4.66. The average Bonchev–Trinajstić information content (AvgIpc) is 2.47. The van der Waals surface area contributed by atoms with Gasteiger partial charge in [-0.2, -0.15) is 5.10 Å². The fourth-order valence-electron chi connectivity index (χ4n) is 1.16. The molecule has 0 N–H and O–H groups in total. The van der Waals surface area contributed by atoms with Gasteiger partial charge in [0, 0.05) is 31.2 Å². The highest BCUT2D eigenvalue weighted by Crippen LogP contribution is 2.25. The number of rotatable bonds is 1. The molecule has 0 fully saturated rings. The predicted octanol–water partition coefficient (Wildman–Crippen LogP) is 2.24. The molecule has 0 atom stereocenters. The van der Waals surface area contributed by atoms with E-state index in [1.54, 1.807) is 17.1 Å². The van der Waals surface area contributed by atoms with Crippen LogP contribution in [0.3, 0.4) is 0 Å². The Morgan fingerprint density at radius 2 is 2.00 bits per heavy atom. The molecule has 2 heterocycles. The molecule has 0 aliphatic carbocycles.